The van der Waals surface area contributed by atoms with Crippen molar-refractivity contribution in [3.8, 4) is 0 Å². The van der Waals surface area contributed by atoms with Gasteiger partial charge in [0, 0.05) is 5.71 Å². The summed E-state index contributed by atoms with van der Waals surface area (Å²) in [4.78, 5) is 21.0. The number of hydrogen-bond donors (Lipinski definition) is 3. The molecule has 6 nitrogen and oxygen atoms in total. The van der Waals surface area contributed by atoms with E-state index in [4.69, 9.17) is 0 Å². The molecule has 62 valence electrons. The largest absolute Gasteiger partial charge is 0.330 e. The predicted molar refractivity (Wildman–Crippen MR) is 39.3 cm³/mol. The van der Waals surface area contributed by atoms with Gasteiger partial charge in [-0.15, -0.1) is 0 Å². The van der Waals surface area contributed by atoms with Crippen molar-refractivity contribution in [2.24, 2.45) is 10.9 Å². The van der Waals surface area contributed by atoms with Crippen LogP contribution in [0.2, 0.25) is 0 Å². The van der Waals surface area contributed by atoms with Gasteiger partial charge in [0.15, 0.2) is 0 Å². The molecule has 0 fully saturated rings. The Morgan fingerprint density at radius 1 is 1.27 bits per heavy atom. The van der Waals surface area contributed by atoms with Crippen LogP contribution >= 0.6 is 0 Å². The summed E-state index contributed by atoms with van der Waals surface area (Å²) < 4.78 is 0. The van der Waals surface area contributed by atoms with Crippen molar-refractivity contribution in [3.63, 3.8) is 0 Å². The van der Waals surface area contributed by atoms with Gasteiger partial charge in [0.05, 0.1) is 0 Å². The van der Waals surface area contributed by atoms with Crippen molar-refractivity contribution < 1.29 is 9.59 Å². The lowest BCUT2D eigenvalue weighted by atomic mass is 10.5. The van der Waals surface area contributed by atoms with E-state index in [0.717, 1.165) is 0 Å². The lowest BCUT2D eigenvalue weighted by molar-refractivity contribution is -0.139. The lowest BCUT2D eigenvalue weighted by Crippen LogP contribution is -2.41. The number of nitrogens with one attached hydrogen (secondary N) is 2. The molecule has 0 aromatic heterocycles. The number of hydrazine groups is 1. The van der Waals surface area contributed by atoms with E-state index in [9.17, 15) is 9.59 Å². The number of hydrazone groups is 1. The van der Waals surface area contributed by atoms with E-state index < -0.39 is 11.8 Å². The molecule has 4 N–H and O–H groups in total. The monoisotopic (exact) mass is 158 g/mol. The van der Waals surface area contributed by atoms with E-state index in [1.807, 2.05) is 5.43 Å². The van der Waals surface area contributed by atoms with Gasteiger partial charge in [0.2, 0.25) is 0 Å². The summed E-state index contributed by atoms with van der Waals surface area (Å²) in [5, 5.41) is 3.49. The summed E-state index contributed by atoms with van der Waals surface area (Å²) in [6.07, 6.45) is 0. The maximum atomic E-state index is 10.6. The molecule has 0 aliphatic heterocycles. The number of nitrogens with zero attached hydrogens (tertiary/aromatic N) is 1. The topological polar surface area (TPSA) is 96.6 Å². The molecule has 0 aromatic rings. The molecule has 11 heavy (non-hydrogen) atoms. The summed E-state index contributed by atoms with van der Waals surface area (Å²) >= 11 is 0. The Kier molecular flexibility index (Phi) is 3.82. The molecule has 6 heteroatoms. The third-order valence-electron chi connectivity index (χ3n) is 0.718. The highest BCUT2D eigenvalue weighted by atomic mass is 16.2. The van der Waals surface area contributed by atoms with Gasteiger partial charge >= 0.3 is 11.8 Å². The minimum Gasteiger partial charge on any atom is -0.286 e. The molecule has 0 radical (unpaired) electrons. The molecular weight excluding hydrogens is 148 g/mol. The SMILES string of the molecule is CC(C)=NNC(=O)C(=O)NN. The number of amides is 2. The van der Waals surface area contributed by atoms with Crippen molar-refractivity contribution in [1.29, 1.82) is 0 Å². The second kappa shape index (κ2) is 4.40. The van der Waals surface area contributed by atoms with Crippen LogP contribution in [-0.2, 0) is 9.59 Å². The molecule has 0 rings (SSSR count). The fourth-order valence-corrected chi connectivity index (χ4v) is 0.279. The number of nitrogens with two attached hydrogens (primary N) is 1. The summed E-state index contributed by atoms with van der Waals surface area (Å²) in [5.74, 6) is 2.87. The van der Waals surface area contributed by atoms with Crippen LogP contribution in [0, 0.1) is 0 Å². The highest BCUT2D eigenvalue weighted by molar-refractivity contribution is 6.34. The fourth-order valence-electron chi connectivity index (χ4n) is 0.279. The zero-order valence-electron chi connectivity index (χ0n) is 6.34. The van der Waals surface area contributed by atoms with Gasteiger partial charge in [-0.25, -0.2) is 11.3 Å². The molecular formula is C5H10N4O2. The Hall–Kier alpha value is -1.43. The first-order chi connectivity index (χ1) is 5.07. The third kappa shape index (κ3) is 4.04. The maximum absolute atomic E-state index is 10.6. The van der Waals surface area contributed by atoms with E-state index in [1.165, 1.54) is 0 Å². The molecule has 0 saturated carbocycles. The Morgan fingerprint density at radius 3 is 2.18 bits per heavy atom. The Labute approximate surface area is 63.8 Å². The maximum Gasteiger partial charge on any atom is 0.330 e. The van der Waals surface area contributed by atoms with Gasteiger partial charge in [-0.1, -0.05) is 0 Å². The normalized spacial score (nSPS) is 8.27. The van der Waals surface area contributed by atoms with E-state index >= 15 is 0 Å². The van der Waals surface area contributed by atoms with Crippen molar-refractivity contribution in [3.05, 3.63) is 0 Å². The van der Waals surface area contributed by atoms with E-state index in [1.54, 1.807) is 19.3 Å². The second-order valence-corrected chi connectivity index (χ2v) is 1.97. The van der Waals surface area contributed by atoms with Crippen LogP contribution in [0.3, 0.4) is 0 Å². The first-order valence-electron chi connectivity index (χ1n) is 2.89. The van der Waals surface area contributed by atoms with Crippen LogP contribution in [0.25, 0.3) is 0 Å². The summed E-state index contributed by atoms with van der Waals surface area (Å²) in [5.41, 5.74) is 4.30. The minimum absolute atomic E-state index is 0.642. The van der Waals surface area contributed by atoms with Crippen LogP contribution in [0.1, 0.15) is 13.8 Å². The fraction of sp³-hybridized carbons (Fsp3) is 0.400. The number of rotatable bonds is 1. The molecule has 0 atom stereocenters. The number of hydrogen-bond acceptors (Lipinski definition) is 4. The van der Waals surface area contributed by atoms with Crippen LogP contribution in [0.5, 0.6) is 0 Å². The molecule has 0 bridgehead atoms. The first-order valence-corrected chi connectivity index (χ1v) is 2.89. The molecule has 0 saturated heterocycles. The van der Waals surface area contributed by atoms with Crippen LogP contribution < -0.4 is 16.7 Å². The molecule has 0 unspecified atom stereocenters. The summed E-state index contributed by atoms with van der Waals surface area (Å²) in [6, 6.07) is 0. The Bertz CT molecular complexity index is 195. The highest BCUT2D eigenvalue weighted by Crippen LogP contribution is 1.70. The highest BCUT2D eigenvalue weighted by Gasteiger charge is 2.09. The molecule has 0 aromatic carbocycles. The predicted octanol–water partition coefficient (Wildman–Crippen LogP) is -1.51. The Morgan fingerprint density at radius 2 is 1.82 bits per heavy atom. The van der Waals surface area contributed by atoms with Crippen molar-refractivity contribution in [2.75, 3.05) is 0 Å². The molecule has 0 aliphatic carbocycles. The van der Waals surface area contributed by atoms with E-state index in [2.05, 4.69) is 10.9 Å². The van der Waals surface area contributed by atoms with E-state index in [0.29, 0.717) is 5.71 Å². The average molecular weight is 158 g/mol. The van der Waals surface area contributed by atoms with Gasteiger partial charge in [-0.3, -0.25) is 15.0 Å². The number of carbonyl (C=O) groups is 2. The van der Waals surface area contributed by atoms with Crippen LogP contribution in [0.4, 0.5) is 0 Å². The van der Waals surface area contributed by atoms with Crippen molar-refractivity contribution >= 4 is 17.5 Å². The second-order valence-electron chi connectivity index (χ2n) is 1.97. The van der Waals surface area contributed by atoms with Gasteiger partial charge in [0.25, 0.3) is 0 Å². The standard InChI is InChI=1S/C5H10N4O2/c1-3(2)8-9-5(11)4(10)7-6/h6H2,1-2H3,(H,7,10)(H,9,11). The zero-order chi connectivity index (χ0) is 8.85. The third-order valence-corrected chi connectivity index (χ3v) is 0.718. The Balaban J connectivity index is 3.89. The van der Waals surface area contributed by atoms with E-state index in [-0.39, 0.29) is 0 Å². The summed E-state index contributed by atoms with van der Waals surface area (Å²) in [6.45, 7) is 3.36. The van der Waals surface area contributed by atoms with Gasteiger partial charge < -0.3 is 0 Å². The first kappa shape index (κ1) is 9.57. The zero-order valence-corrected chi connectivity index (χ0v) is 6.34. The van der Waals surface area contributed by atoms with Crippen LogP contribution in [-0.4, -0.2) is 17.5 Å². The molecule has 0 heterocycles. The van der Waals surface area contributed by atoms with Crippen molar-refractivity contribution in [1.82, 2.24) is 10.9 Å². The average Bonchev–Trinajstić information content (AvgIpc) is 1.98. The minimum atomic E-state index is -0.921. The van der Waals surface area contributed by atoms with Gasteiger partial charge in [0.1, 0.15) is 0 Å². The van der Waals surface area contributed by atoms with Gasteiger partial charge in [-0.2, -0.15) is 5.10 Å². The quantitative estimate of drug-likeness (QED) is 0.142. The van der Waals surface area contributed by atoms with Crippen molar-refractivity contribution in [2.45, 2.75) is 13.8 Å². The molecule has 0 aliphatic rings. The number of carbonyl (C=O) groups excluding carboxylic acids is 2. The smallest absolute Gasteiger partial charge is 0.286 e. The molecule has 0 spiro atoms. The summed E-state index contributed by atoms with van der Waals surface area (Å²) in [7, 11) is 0. The molecule has 2 amide bonds. The van der Waals surface area contributed by atoms with Gasteiger partial charge in [-0.05, 0) is 13.8 Å². The van der Waals surface area contributed by atoms with Crippen LogP contribution in [0.15, 0.2) is 5.10 Å². The lowest BCUT2D eigenvalue weighted by Gasteiger charge is -1.96.